The summed E-state index contributed by atoms with van der Waals surface area (Å²) < 4.78 is 83.8. The van der Waals surface area contributed by atoms with Gasteiger partial charge in [0.05, 0.1) is 85.0 Å². The lowest BCUT2D eigenvalue weighted by atomic mass is 9.82. The second kappa shape index (κ2) is 33.0. The molecule has 0 aliphatic carbocycles. The van der Waals surface area contributed by atoms with Gasteiger partial charge in [-0.15, -0.1) is 0 Å². The minimum absolute atomic E-state index is 0.0220. The third-order valence-corrected chi connectivity index (χ3v) is 19.9. The van der Waals surface area contributed by atoms with Gasteiger partial charge < -0.3 is 36.0 Å². The average molecular weight is 1640 g/mol. The van der Waals surface area contributed by atoms with Crippen LogP contribution in [0.1, 0.15) is 343 Å². The molecule has 12 rings (SSSR count). The lowest BCUT2D eigenvalue weighted by Crippen LogP contribution is -2.23. The van der Waals surface area contributed by atoms with Crippen LogP contribution in [0.3, 0.4) is 0 Å². The fraction of sp³-hybridized carbons (Fsp3) is 0.567. The van der Waals surface area contributed by atoms with E-state index in [1.807, 2.05) is 82.7 Å². The highest BCUT2D eigenvalue weighted by Gasteiger charge is 2.39. The molecule has 0 radical (unpaired) electrons. The molecular weight excluding hydrogens is 1490 g/mol. The molecule has 0 bridgehead atoms. The van der Waals surface area contributed by atoms with Gasteiger partial charge in [-0.05, 0) is 68.8 Å². The van der Waals surface area contributed by atoms with Crippen LogP contribution in [0.4, 0.5) is 27.6 Å². The number of anilines is 1. The van der Waals surface area contributed by atoms with Crippen LogP contribution in [0.25, 0.3) is 33.9 Å². The molecule has 0 aliphatic rings. The van der Waals surface area contributed by atoms with E-state index in [-0.39, 0.29) is 82.7 Å². The maximum Gasteiger partial charge on any atom is 0.416 e. The summed E-state index contributed by atoms with van der Waals surface area (Å²) in [7, 11) is 4.12. The molecule has 0 unspecified atom stereocenters. The standard InChI is InChI=1S/C18H27ClN2O.C17H27N3.C16H21F3N2.C16H24N2.2C15H21FN2/c1-11(2)22-13-9-14-20-15(17(3,4)5)16(18(6,7)8)21(14)10-12(13)19;1-16(2,3)14-15(17(4,5)6)20-10-9-12(19(7)8)11-13(20)18-14;1-14(2,3)12-13(15(4,5)6)21-8-7-10(16(17,18)19)9-11(21)20-12;1-11-8-9-12-17-13(15(2,3)4)14(16(5,6)7)18(12)10-11;1-14(2,3)12-13(15(4,5)6)18-8-7-10(16)9-11(18)17-12;1-14(2,3)11-12(15(4,5)6)18-9-7-8-10(16)13(18)17-11/h9-11H,1-8H3;9-11H,1-8H3;7-9H,1-6H3;8-10H,1-7H3;2*7-9H,1-6H3. The van der Waals surface area contributed by atoms with Crippen LogP contribution in [-0.4, -0.2) is 76.5 Å². The number of imidazole rings is 6. The summed E-state index contributed by atoms with van der Waals surface area (Å²) in [5.41, 5.74) is 19.2. The van der Waals surface area contributed by atoms with Crippen LogP contribution in [0, 0.1) is 18.6 Å². The number of rotatable bonds is 3. The Hall–Kier alpha value is -8.32. The molecule has 0 spiro atoms. The summed E-state index contributed by atoms with van der Waals surface area (Å²) in [6.45, 7) is 84.1. The highest BCUT2D eigenvalue weighted by Crippen LogP contribution is 2.43. The molecular formula is C97H141ClF5N13O. The van der Waals surface area contributed by atoms with E-state index >= 15 is 0 Å². The lowest BCUT2D eigenvalue weighted by molar-refractivity contribution is -0.137. The predicted molar refractivity (Wildman–Crippen MR) is 480 cm³/mol. The van der Waals surface area contributed by atoms with Gasteiger partial charge in [-0.25, -0.2) is 38.7 Å². The Morgan fingerprint density at radius 1 is 0.350 bits per heavy atom. The van der Waals surface area contributed by atoms with E-state index in [0.29, 0.717) is 27.7 Å². The molecule has 12 aromatic heterocycles. The van der Waals surface area contributed by atoms with Gasteiger partial charge in [0.1, 0.15) is 39.8 Å². The SMILES string of the molecule is CC(C)(C)c1nc2c(F)cccn2c1C(C)(C)C.CC(C)(C)c1nc2cc(C(F)(F)F)ccn2c1C(C)(C)C.CC(C)(C)c1nc2cc(F)ccn2c1C(C)(C)C.CC(C)Oc1cc2nc(C(C)(C)C)c(C(C)(C)C)n2cc1Cl.CN(C)c1ccn2c(C(C)(C)C)c(C(C)(C)C)nc2c1.Cc1ccc2nc(C(C)(C)C)c(C(C)(C)C)n2c1. The van der Waals surface area contributed by atoms with Gasteiger partial charge in [-0.3, -0.25) is 0 Å². The van der Waals surface area contributed by atoms with E-state index < -0.39 is 11.7 Å². The largest absolute Gasteiger partial charge is 0.489 e. The first kappa shape index (κ1) is 95.8. The molecule has 0 fully saturated rings. The first-order valence-electron chi connectivity index (χ1n) is 41.1. The van der Waals surface area contributed by atoms with Crippen molar-refractivity contribution < 1.29 is 26.7 Å². The van der Waals surface area contributed by atoms with Crippen molar-refractivity contribution in [1.29, 1.82) is 0 Å². The molecule has 117 heavy (non-hydrogen) atoms. The monoisotopic (exact) mass is 1630 g/mol. The Morgan fingerprint density at radius 2 is 0.675 bits per heavy atom. The number of alkyl halides is 3. The first-order valence-corrected chi connectivity index (χ1v) is 41.5. The summed E-state index contributed by atoms with van der Waals surface area (Å²) in [6, 6.07) is 18.9. The summed E-state index contributed by atoms with van der Waals surface area (Å²) in [5.74, 6) is 0.182. The summed E-state index contributed by atoms with van der Waals surface area (Å²) in [4.78, 5) is 30.4. The van der Waals surface area contributed by atoms with Gasteiger partial charge in [-0.2, -0.15) is 13.2 Å². The van der Waals surface area contributed by atoms with Crippen LogP contribution < -0.4 is 9.64 Å². The second-order valence-electron chi connectivity index (χ2n) is 44.4. The van der Waals surface area contributed by atoms with E-state index in [1.165, 1.54) is 64.1 Å². The number of fused-ring (bicyclic) bond motifs is 6. The number of halogens is 6. The quantitative estimate of drug-likeness (QED) is 0.161. The lowest BCUT2D eigenvalue weighted by Gasteiger charge is -2.26. The Labute approximate surface area is 702 Å². The van der Waals surface area contributed by atoms with Gasteiger partial charge >= 0.3 is 6.18 Å². The minimum atomic E-state index is -4.35. The first-order chi connectivity index (χ1) is 52.6. The molecule has 20 heteroatoms. The van der Waals surface area contributed by atoms with Crippen molar-refractivity contribution in [2.45, 2.75) is 347 Å². The number of hydrogen-bond donors (Lipinski definition) is 0. The average Bonchev–Trinajstić information content (AvgIpc) is 1.23. The Balaban J connectivity index is 0.000000194. The van der Waals surface area contributed by atoms with E-state index in [9.17, 15) is 22.0 Å². The van der Waals surface area contributed by atoms with Crippen LogP contribution in [0.15, 0.2) is 104 Å². The van der Waals surface area contributed by atoms with Gasteiger partial charge in [0.25, 0.3) is 0 Å². The summed E-state index contributed by atoms with van der Waals surface area (Å²) in [5, 5.41) is 0.615. The smallest absolute Gasteiger partial charge is 0.416 e. The third kappa shape index (κ3) is 22.4. The molecule has 0 amide bonds. The number of pyridine rings is 6. The van der Waals surface area contributed by atoms with Gasteiger partial charge in [-0.1, -0.05) is 267 Å². The maximum atomic E-state index is 13.9. The molecule has 14 nitrogen and oxygen atoms in total. The Kier molecular flexibility index (Phi) is 27.0. The van der Waals surface area contributed by atoms with Crippen LogP contribution in [-0.2, 0) is 71.2 Å². The maximum absolute atomic E-state index is 13.9. The van der Waals surface area contributed by atoms with Crippen molar-refractivity contribution in [3.05, 3.63) is 200 Å². The molecule has 0 atom stereocenters. The highest BCUT2D eigenvalue weighted by atomic mass is 35.5. The summed E-state index contributed by atoms with van der Waals surface area (Å²) >= 11 is 6.42. The van der Waals surface area contributed by atoms with E-state index in [2.05, 4.69) is 298 Å². The number of aryl methyl sites for hydroxylation is 1. The molecule has 12 heterocycles. The number of aromatic nitrogens is 12. The van der Waals surface area contributed by atoms with Crippen molar-refractivity contribution in [2.75, 3.05) is 19.0 Å². The molecule has 0 saturated carbocycles. The van der Waals surface area contributed by atoms with E-state index in [0.717, 1.165) is 68.9 Å². The van der Waals surface area contributed by atoms with Crippen molar-refractivity contribution in [1.82, 2.24) is 56.3 Å². The second-order valence-corrected chi connectivity index (χ2v) is 44.8. The molecule has 0 aromatic carbocycles. The van der Waals surface area contributed by atoms with Crippen LogP contribution in [0.2, 0.25) is 5.02 Å². The molecule has 642 valence electrons. The topological polar surface area (TPSA) is 116 Å². The fourth-order valence-electron chi connectivity index (χ4n) is 14.6. The normalized spacial score (nSPS) is 13.3. The zero-order valence-corrected chi connectivity index (χ0v) is 79.6. The fourth-order valence-corrected chi connectivity index (χ4v) is 14.8. The van der Waals surface area contributed by atoms with Gasteiger partial charge in [0.15, 0.2) is 11.5 Å². The zero-order valence-electron chi connectivity index (χ0n) is 78.9. The van der Waals surface area contributed by atoms with Crippen LogP contribution >= 0.6 is 11.6 Å². The Morgan fingerprint density at radius 3 is 1.04 bits per heavy atom. The van der Waals surface area contributed by atoms with E-state index in [4.69, 9.17) is 31.3 Å². The molecule has 0 N–H and O–H groups in total. The highest BCUT2D eigenvalue weighted by molar-refractivity contribution is 6.32. The van der Waals surface area contributed by atoms with Crippen molar-refractivity contribution in [3.63, 3.8) is 0 Å². The predicted octanol–water partition coefficient (Wildman–Crippen LogP) is 26.7. The van der Waals surface area contributed by atoms with E-state index in [1.54, 1.807) is 16.7 Å². The minimum Gasteiger partial charge on any atom is -0.489 e. The number of ether oxygens (including phenoxy) is 1. The third-order valence-electron chi connectivity index (χ3n) is 19.6. The zero-order chi connectivity index (χ0) is 89.5. The van der Waals surface area contributed by atoms with Gasteiger partial charge in [0.2, 0.25) is 0 Å². The molecule has 12 aromatic rings. The number of nitrogens with zero attached hydrogens (tertiary/aromatic N) is 13. The van der Waals surface area contributed by atoms with Crippen molar-refractivity contribution in [2.24, 2.45) is 0 Å². The summed E-state index contributed by atoms with van der Waals surface area (Å²) in [6.07, 6.45) is 7.13. The Bertz CT molecular complexity index is 5460. The number of hydrogen-bond acceptors (Lipinski definition) is 8. The van der Waals surface area contributed by atoms with Crippen molar-refractivity contribution in [3.8, 4) is 5.75 Å². The van der Waals surface area contributed by atoms with Gasteiger partial charge in [0, 0.05) is 140 Å². The van der Waals surface area contributed by atoms with Crippen LogP contribution in [0.5, 0.6) is 5.75 Å². The molecule has 0 aliphatic heterocycles. The van der Waals surface area contributed by atoms with Crippen molar-refractivity contribution >= 4 is 51.2 Å². The molecule has 0 saturated heterocycles.